The lowest BCUT2D eigenvalue weighted by molar-refractivity contribution is 0.0698. The van der Waals surface area contributed by atoms with Crippen LogP contribution in [-0.4, -0.2) is 27.2 Å². The highest BCUT2D eigenvalue weighted by atomic mass is 35.5. The number of aryl methyl sites for hydroxylation is 1. The molecule has 0 bridgehead atoms. The second-order valence-electron chi connectivity index (χ2n) is 5.87. The summed E-state index contributed by atoms with van der Waals surface area (Å²) < 4.78 is 1.87. The van der Waals surface area contributed by atoms with Crippen molar-refractivity contribution in [3.8, 4) is 0 Å². The van der Waals surface area contributed by atoms with Crippen LogP contribution in [0.15, 0.2) is 24.3 Å². The van der Waals surface area contributed by atoms with Gasteiger partial charge in [-0.3, -0.25) is 0 Å². The fourth-order valence-electron chi connectivity index (χ4n) is 3.33. The Morgan fingerprint density at radius 1 is 1.16 bits per heavy atom. The average Bonchev–Trinajstić information content (AvgIpc) is 3.07. The van der Waals surface area contributed by atoms with Gasteiger partial charge in [-0.2, -0.15) is 0 Å². The molecule has 8 heteroatoms. The van der Waals surface area contributed by atoms with Crippen molar-refractivity contribution in [2.45, 2.75) is 13.5 Å². The quantitative estimate of drug-likeness (QED) is 0.650. The van der Waals surface area contributed by atoms with E-state index in [0.717, 1.165) is 11.3 Å². The van der Waals surface area contributed by atoms with E-state index in [0.29, 0.717) is 45.1 Å². The first-order valence-corrected chi connectivity index (χ1v) is 8.67. The lowest BCUT2D eigenvalue weighted by Crippen LogP contribution is -2.16. The predicted molar refractivity (Wildman–Crippen MR) is 99.9 cm³/mol. The summed E-state index contributed by atoms with van der Waals surface area (Å²) >= 11 is 18.7. The van der Waals surface area contributed by atoms with Crippen molar-refractivity contribution in [3.63, 3.8) is 0 Å². The van der Waals surface area contributed by atoms with Gasteiger partial charge in [-0.25, -0.2) is 9.78 Å². The Bertz CT molecular complexity index is 1020. The number of carboxylic acid groups (broad SMARTS) is 1. The summed E-state index contributed by atoms with van der Waals surface area (Å²) in [4.78, 5) is 18.2. The molecule has 0 atom stereocenters. The van der Waals surface area contributed by atoms with Crippen LogP contribution < -0.4 is 4.90 Å². The van der Waals surface area contributed by atoms with Crippen LogP contribution in [0, 0.1) is 6.92 Å². The monoisotopic (exact) mass is 395 g/mol. The number of aromatic nitrogens is 2. The summed E-state index contributed by atoms with van der Waals surface area (Å²) in [7, 11) is 0. The molecule has 0 amide bonds. The van der Waals surface area contributed by atoms with Crippen molar-refractivity contribution in [1.82, 2.24) is 9.55 Å². The Balaban J connectivity index is 1.97. The lowest BCUT2D eigenvalue weighted by Gasteiger charge is -2.20. The Morgan fingerprint density at radius 2 is 1.92 bits per heavy atom. The van der Waals surface area contributed by atoms with Crippen LogP contribution in [-0.2, 0) is 6.54 Å². The van der Waals surface area contributed by atoms with Crippen LogP contribution in [0.3, 0.4) is 0 Å². The Labute approximate surface area is 158 Å². The van der Waals surface area contributed by atoms with Gasteiger partial charge in [0.15, 0.2) is 0 Å². The number of carboxylic acids is 1. The molecule has 0 saturated heterocycles. The zero-order chi connectivity index (χ0) is 17.9. The molecular formula is C17H12Cl3N3O2. The summed E-state index contributed by atoms with van der Waals surface area (Å²) in [5.41, 5.74) is 2.92. The number of halogens is 3. The molecular weight excluding hydrogens is 385 g/mol. The highest BCUT2D eigenvalue weighted by Gasteiger charge is 2.30. The molecule has 0 aliphatic carbocycles. The summed E-state index contributed by atoms with van der Waals surface area (Å²) in [6.07, 6.45) is 0. The standard InChI is InChI=1S/C17H12Cl3N3O2/c1-8-6-9(18)7-12(20)14(8)22-4-5-23-15-10(16(24)25)2-3-11(19)13(15)21-17(22)23/h2-3,6-7H,4-5H2,1H3,(H,24,25). The number of aromatic carboxylic acids is 1. The third-order valence-corrected chi connectivity index (χ3v) is 5.14. The van der Waals surface area contributed by atoms with E-state index < -0.39 is 5.97 Å². The first-order valence-electron chi connectivity index (χ1n) is 7.53. The summed E-state index contributed by atoms with van der Waals surface area (Å²) in [5, 5.41) is 11.0. The first-order chi connectivity index (χ1) is 11.9. The van der Waals surface area contributed by atoms with Crippen LogP contribution in [0.1, 0.15) is 15.9 Å². The van der Waals surface area contributed by atoms with Crippen molar-refractivity contribution in [1.29, 1.82) is 0 Å². The second-order valence-corrected chi connectivity index (χ2v) is 7.12. The fourth-order valence-corrected chi connectivity index (χ4v) is 4.23. The molecule has 0 saturated carbocycles. The van der Waals surface area contributed by atoms with Crippen molar-refractivity contribution in [2.24, 2.45) is 0 Å². The maximum absolute atomic E-state index is 11.6. The second kappa shape index (κ2) is 5.80. The largest absolute Gasteiger partial charge is 0.478 e. The van der Waals surface area contributed by atoms with Gasteiger partial charge < -0.3 is 14.6 Å². The van der Waals surface area contributed by atoms with Crippen molar-refractivity contribution in [3.05, 3.63) is 50.5 Å². The normalized spacial score (nSPS) is 13.5. The zero-order valence-electron chi connectivity index (χ0n) is 13.1. The van der Waals surface area contributed by atoms with Gasteiger partial charge >= 0.3 is 5.97 Å². The molecule has 0 spiro atoms. The maximum Gasteiger partial charge on any atom is 0.337 e. The van der Waals surface area contributed by atoms with Gasteiger partial charge in [-0.05, 0) is 36.8 Å². The minimum Gasteiger partial charge on any atom is -0.478 e. The van der Waals surface area contributed by atoms with Gasteiger partial charge in [-0.15, -0.1) is 0 Å². The van der Waals surface area contributed by atoms with Gasteiger partial charge in [-0.1, -0.05) is 34.8 Å². The number of benzene rings is 2. The Kier molecular flexibility index (Phi) is 3.83. The van der Waals surface area contributed by atoms with Crippen molar-refractivity contribution in [2.75, 3.05) is 11.4 Å². The number of anilines is 2. The van der Waals surface area contributed by atoms with E-state index in [2.05, 4.69) is 4.98 Å². The number of rotatable bonds is 2. The average molecular weight is 397 g/mol. The molecule has 0 radical (unpaired) electrons. The molecule has 1 aliphatic rings. The SMILES string of the molecule is Cc1cc(Cl)cc(Cl)c1N1CCn2c1nc1c(Cl)ccc(C(=O)O)c12. The molecule has 0 unspecified atom stereocenters. The van der Waals surface area contributed by atoms with Gasteiger partial charge in [0.2, 0.25) is 5.95 Å². The van der Waals surface area contributed by atoms with Gasteiger partial charge in [0.05, 0.1) is 26.8 Å². The molecule has 128 valence electrons. The van der Waals surface area contributed by atoms with Crippen LogP contribution in [0.5, 0.6) is 0 Å². The molecule has 1 N–H and O–H groups in total. The van der Waals surface area contributed by atoms with E-state index in [1.165, 1.54) is 6.07 Å². The smallest absolute Gasteiger partial charge is 0.337 e. The lowest BCUT2D eigenvalue weighted by atomic mass is 10.2. The number of carbonyl (C=O) groups is 1. The molecule has 3 aromatic rings. The number of hydrogen-bond donors (Lipinski definition) is 1. The zero-order valence-corrected chi connectivity index (χ0v) is 15.3. The minimum atomic E-state index is -1.01. The van der Waals surface area contributed by atoms with Gasteiger partial charge in [0.1, 0.15) is 5.52 Å². The maximum atomic E-state index is 11.6. The molecule has 2 heterocycles. The minimum absolute atomic E-state index is 0.180. The number of fused-ring (bicyclic) bond motifs is 3. The fraction of sp³-hybridized carbons (Fsp3) is 0.176. The highest BCUT2D eigenvalue weighted by molar-refractivity contribution is 6.37. The molecule has 5 nitrogen and oxygen atoms in total. The van der Waals surface area contributed by atoms with E-state index >= 15 is 0 Å². The Hall–Kier alpha value is -1.95. The molecule has 4 rings (SSSR count). The molecule has 2 aromatic carbocycles. The first kappa shape index (κ1) is 16.5. The predicted octanol–water partition coefficient (Wildman–Crippen LogP) is 5.15. The third kappa shape index (κ3) is 2.46. The van der Waals surface area contributed by atoms with Crippen LogP contribution in [0.25, 0.3) is 11.0 Å². The van der Waals surface area contributed by atoms with Gasteiger partial charge in [0.25, 0.3) is 0 Å². The number of hydrogen-bond acceptors (Lipinski definition) is 3. The highest BCUT2D eigenvalue weighted by Crippen LogP contribution is 2.41. The third-order valence-electron chi connectivity index (χ3n) is 4.33. The molecule has 0 fully saturated rings. The van der Waals surface area contributed by atoms with E-state index in [-0.39, 0.29) is 5.56 Å². The van der Waals surface area contributed by atoms with Crippen LogP contribution in [0.4, 0.5) is 11.6 Å². The molecule has 25 heavy (non-hydrogen) atoms. The van der Waals surface area contributed by atoms with E-state index in [1.807, 2.05) is 22.5 Å². The summed E-state index contributed by atoms with van der Waals surface area (Å²) in [6.45, 7) is 3.14. The number of nitrogens with zero attached hydrogens (tertiary/aromatic N) is 3. The van der Waals surface area contributed by atoms with E-state index in [1.54, 1.807) is 12.1 Å². The van der Waals surface area contributed by atoms with E-state index in [4.69, 9.17) is 34.8 Å². The van der Waals surface area contributed by atoms with Crippen LogP contribution >= 0.6 is 34.8 Å². The van der Waals surface area contributed by atoms with Gasteiger partial charge in [0, 0.05) is 18.1 Å². The van der Waals surface area contributed by atoms with Crippen LogP contribution in [0.2, 0.25) is 15.1 Å². The summed E-state index contributed by atoms with van der Waals surface area (Å²) in [6, 6.07) is 6.59. The van der Waals surface area contributed by atoms with Crippen molar-refractivity contribution < 1.29 is 9.90 Å². The van der Waals surface area contributed by atoms with E-state index in [9.17, 15) is 9.90 Å². The molecule has 1 aromatic heterocycles. The summed E-state index contributed by atoms with van der Waals surface area (Å²) in [5.74, 6) is -0.388. The topological polar surface area (TPSA) is 58.4 Å². The Morgan fingerprint density at radius 3 is 2.60 bits per heavy atom. The molecule has 1 aliphatic heterocycles. The van der Waals surface area contributed by atoms with Crippen molar-refractivity contribution >= 4 is 63.4 Å². The number of imidazole rings is 1.